The third-order valence-corrected chi connectivity index (χ3v) is 5.91. The third-order valence-electron chi connectivity index (χ3n) is 3.17. The van der Waals surface area contributed by atoms with Crippen LogP contribution in [0.3, 0.4) is 0 Å². The van der Waals surface area contributed by atoms with Gasteiger partial charge in [0.05, 0.1) is 6.61 Å². The van der Waals surface area contributed by atoms with Crippen molar-refractivity contribution in [3.63, 3.8) is 0 Å². The summed E-state index contributed by atoms with van der Waals surface area (Å²) in [7, 11) is 1.52. The largest absolute Gasteiger partial charge is 0.331 e. The number of hydrogen-bond acceptors (Lipinski definition) is 3. The molecule has 0 spiro atoms. The molecule has 4 heteroatoms. The monoisotopic (exact) mass is 290 g/mol. The maximum Gasteiger partial charge on any atom is 0.188 e. The van der Waals surface area contributed by atoms with Gasteiger partial charge in [0, 0.05) is 18.1 Å². The molecule has 3 nitrogen and oxygen atoms in total. The highest BCUT2D eigenvalue weighted by Crippen LogP contribution is 2.48. The molecule has 0 fully saturated rings. The zero-order chi connectivity index (χ0) is 15.2. The summed E-state index contributed by atoms with van der Waals surface area (Å²) in [5.74, 6) is 0.702. The van der Waals surface area contributed by atoms with Crippen molar-refractivity contribution in [2.45, 2.75) is 79.9 Å². The van der Waals surface area contributed by atoms with Gasteiger partial charge in [-0.2, -0.15) is 0 Å². The van der Waals surface area contributed by atoms with E-state index in [2.05, 4.69) is 71.8 Å². The fourth-order valence-electron chi connectivity index (χ4n) is 1.88. The van der Waals surface area contributed by atoms with E-state index in [0.29, 0.717) is 24.0 Å². The molecule has 0 radical (unpaired) electrons. The molecular weight excluding hydrogens is 255 g/mol. The number of hydrogen-bond donors (Lipinski definition) is 0. The highest BCUT2D eigenvalue weighted by atomic mass is 31.2. The number of nitrogens with zero attached hydrogens (tertiary/aromatic N) is 2. The fraction of sp³-hybridized carbons (Fsp3) is 1.00. The Hall–Kier alpha value is 0.310. The molecule has 0 aromatic carbocycles. The van der Waals surface area contributed by atoms with Crippen LogP contribution in [-0.2, 0) is 4.52 Å². The van der Waals surface area contributed by atoms with E-state index >= 15 is 0 Å². The third kappa shape index (κ3) is 7.04. The zero-order valence-electron chi connectivity index (χ0n) is 14.5. The van der Waals surface area contributed by atoms with Crippen LogP contribution in [0, 0.1) is 5.92 Å². The van der Waals surface area contributed by atoms with Gasteiger partial charge in [-0.1, -0.05) is 13.8 Å². The van der Waals surface area contributed by atoms with Crippen LogP contribution >= 0.6 is 8.45 Å². The second kappa shape index (κ2) is 9.28. The van der Waals surface area contributed by atoms with E-state index in [-0.39, 0.29) is 0 Å². The summed E-state index contributed by atoms with van der Waals surface area (Å²) in [4.78, 5) is 0. The van der Waals surface area contributed by atoms with Gasteiger partial charge in [0.1, 0.15) is 0 Å². The van der Waals surface area contributed by atoms with Gasteiger partial charge in [-0.3, -0.25) is 0 Å². The Labute approximate surface area is 122 Å². The van der Waals surface area contributed by atoms with Crippen LogP contribution in [0.5, 0.6) is 0 Å². The Morgan fingerprint density at radius 1 is 0.842 bits per heavy atom. The summed E-state index contributed by atoms with van der Waals surface area (Å²) < 4.78 is 11.2. The average molecular weight is 290 g/mol. The first-order valence-electron chi connectivity index (χ1n) is 7.62. The van der Waals surface area contributed by atoms with Crippen molar-refractivity contribution in [3.05, 3.63) is 0 Å². The molecule has 1 unspecified atom stereocenters. The Bertz CT molecular complexity index is 224. The van der Waals surface area contributed by atoms with Gasteiger partial charge >= 0.3 is 0 Å². The van der Waals surface area contributed by atoms with Crippen molar-refractivity contribution >= 4 is 8.45 Å². The van der Waals surface area contributed by atoms with E-state index < -0.39 is 8.45 Å². The molecule has 0 bridgehead atoms. The molecule has 0 aliphatic carbocycles. The molecule has 0 saturated heterocycles. The first-order chi connectivity index (χ1) is 8.68. The van der Waals surface area contributed by atoms with Gasteiger partial charge in [0.15, 0.2) is 8.45 Å². The summed E-state index contributed by atoms with van der Waals surface area (Å²) in [6.07, 6.45) is 1.13. The van der Waals surface area contributed by atoms with Crippen LogP contribution in [0.1, 0.15) is 61.8 Å². The predicted molar refractivity (Wildman–Crippen MR) is 87.3 cm³/mol. The molecule has 0 heterocycles. The van der Waals surface area contributed by atoms with Gasteiger partial charge in [0.2, 0.25) is 0 Å². The molecule has 0 aliphatic heterocycles. The van der Waals surface area contributed by atoms with Crippen molar-refractivity contribution < 1.29 is 4.52 Å². The Kier molecular flexibility index (Phi) is 9.43. The smallest absolute Gasteiger partial charge is 0.188 e. The molecule has 0 N–H and O–H groups in total. The lowest BCUT2D eigenvalue weighted by Gasteiger charge is -2.42. The highest BCUT2D eigenvalue weighted by Gasteiger charge is 2.30. The van der Waals surface area contributed by atoms with E-state index in [4.69, 9.17) is 4.52 Å². The summed E-state index contributed by atoms with van der Waals surface area (Å²) in [6, 6.07) is 1.52. The van der Waals surface area contributed by atoms with E-state index in [1.165, 1.54) is 0 Å². The second-order valence-electron chi connectivity index (χ2n) is 6.50. The number of rotatable bonds is 9. The maximum absolute atomic E-state index is 6.28. The lowest BCUT2D eigenvalue weighted by molar-refractivity contribution is 0.206. The van der Waals surface area contributed by atoms with Crippen molar-refractivity contribution in [3.8, 4) is 0 Å². The van der Waals surface area contributed by atoms with Crippen LogP contribution < -0.4 is 0 Å². The van der Waals surface area contributed by atoms with Crippen molar-refractivity contribution in [1.82, 2.24) is 9.34 Å². The van der Waals surface area contributed by atoms with Gasteiger partial charge in [-0.15, -0.1) is 0 Å². The Morgan fingerprint density at radius 3 is 1.63 bits per heavy atom. The van der Waals surface area contributed by atoms with E-state index in [9.17, 15) is 0 Å². The van der Waals surface area contributed by atoms with Crippen LogP contribution in [0.15, 0.2) is 0 Å². The van der Waals surface area contributed by atoms with Crippen LogP contribution in [0.4, 0.5) is 0 Å². The molecule has 19 heavy (non-hydrogen) atoms. The van der Waals surface area contributed by atoms with Gasteiger partial charge in [-0.25, -0.2) is 9.34 Å². The summed E-state index contributed by atoms with van der Waals surface area (Å²) in [5.41, 5.74) is 0. The average Bonchev–Trinajstić information content (AvgIpc) is 2.24. The van der Waals surface area contributed by atoms with E-state index in [1.807, 2.05) is 0 Å². The molecule has 0 aliphatic rings. The standard InChI is InChI=1S/C15H35N2OP/c1-12(2)10-11-18-19(16(9)13(3)4)17(14(5)6)15(7)8/h12-15H,10-11H2,1-9H3. The van der Waals surface area contributed by atoms with Crippen molar-refractivity contribution in [2.75, 3.05) is 13.7 Å². The first-order valence-corrected chi connectivity index (χ1v) is 8.79. The SMILES string of the molecule is CC(C)CCOP(N(C)C(C)C)N(C(C)C)C(C)C. The van der Waals surface area contributed by atoms with Crippen LogP contribution in [-0.4, -0.2) is 41.1 Å². The van der Waals surface area contributed by atoms with Crippen molar-refractivity contribution in [1.29, 1.82) is 0 Å². The summed E-state index contributed by atoms with van der Waals surface area (Å²) in [6.45, 7) is 18.9. The minimum atomic E-state index is -0.668. The van der Waals surface area contributed by atoms with Crippen LogP contribution in [0.2, 0.25) is 0 Å². The van der Waals surface area contributed by atoms with Gasteiger partial charge < -0.3 is 4.52 Å². The summed E-state index contributed by atoms with van der Waals surface area (Å²) >= 11 is 0. The molecule has 0 aromatic heterocycles. The minimum Gasteiger partial charge on any atom is -0.331 e. The topological polar surface area (TPSA) is 15.7 Å². The van der Waals surface area contributed by atoms with Gasteiger partial charge in [0.25, 0.3) is 0 Å². The molecule has 0 aromatic rings. The quantitative estimate of drug-likeness (QED) is 0.571. The highest BCUT2D eigenvalue weighted by molar-refractivity contribution is 7.47. The maximum atomic E-state index is 6.28. The van der Waals surface area contributed by atoms with E-state index in [0.717, 1.165) is 13.0 Å². The molecular formula is C15H35N2OP. The fourth-order valence-corrected chi connectivity index (χ4v) is 3.98. The Balaban J connectivity index is 4.82. The van der Waals surface area contributed by atoms with Crippen LogP contribution in [0.25, 0.3) is 0 Å². The predicted octanol–water partition coefficient (Wildman–Crippen LogP) is 4.74. The molecule has 1 atom stereocenters. The van der Waals surface area contributed by atoms with Gasteiger partial charge in [-0.05, 0) is 60.9 Å². The Morgan fingerprint density at radius 2 is 1.32 bits per heavy atom. The molecule has 0 rings (SSSR count). The molecule has 0 saturated carbocycles. The first kappa shape index (κ1) is 19.3. The molecule has 0 amide bonds. The van der Waals surface area contributed by atoms with E-state index in [1.54, 1.807) is 0 Å². The molecule has 116 valence electrons. The minimum absolute atomic E-state index is 0.505. The second-order valence-corrected chi connectivity index (χ2v) is 8.36. The lowest BCUT2D eigenvalue weighted by atomic mass is 10.2. The zero-order valence-corrected chi connectivity index (χ0v) is 15.4. The van der Waals surface area contributed by atoms with Crippen molar-refractivity contribution in [2.24, 2.45) is 5.92 Å². The lowest BCUT2D eigenvalue weighted by Crippen LogP contribution is -2.39. The summed E-state index contributed by atoms with van der Waals surface area (Å²) in [5, 5.41) is 0. The normalized spacial score (nSPS) is 14.7.